The number of ether oxygens (including phenoxy) is 2. The molecule has 2 aromatic carbocycles. The van der Waals surface area contributed by atoms with Crippen molar-refractivity contribution in [1.82, 2.24) is 0 Å². The Bertz CT molecular complexity index is 709. The van der Waals surface area contributed by atoms with E-state index in [1.165, 1.54) is 0 Å². The summed E-state index contributed by atoms with van der Waals surface area (Å²) in [5.41, 5.74) is 6.34. The molecular formula is C19H21F2NO3. The van der Waals surface area contributed by atoms with Gasteiger partial charge >= 0.3 is 5.97 Å². The maximum absolute atomic E-state index is 13.9. The van der Waals surface area contributed by atoms with Crippen LogP contribution in [0.1, 0.15) is 31.9 Å². The molecule has 0 aliphatic heterocycles. The van der Waals surface area contributed by atoms with Gasteiger partial charge in [0.1, 0.15) is 18.0 Å². The number of esters is 1. The monoisotopic (exact) mass is 349 g/mol. The Morgan fingerprint density at radius 1 is 1.16 bits per heavy atom. The van der Waals surface area contributed by atoms with Crippen LogP contribution in [0, 0.1) is 11.6 Å². The van der Waals surface area contributed by atoms with Gasteiger partial charge in [0.2, 0.25) is 0 Å². The molecule has 25 heavy (non-hydrogen) atoms. The molecular weight excluding hydrogens is 328 g/mol. The van der Waals surface area contributed by atoms with E-state index >= 15 is 0 Å². The van der Waals surface area contributed by atoms with Gasteiger partial charge in [-0.25, -0.2) is 8.78 Å². The van der Waals surface area contributed by atoms with Gasteiger partial charge in [0.25, 0.3) is 0 Å². The van der Waals surface area contributed by atoms with E-state index in [4.69, 9.17) is 15.2 Å². The van der Waals surface area contributed by atoms with Gasteiger partial charge in [0, 0.05) is 6.07 Å². The molecule has 0 unspecified atom stereocenters. The summed E-state index contributed by atoms with van der Waals surface area (Å²) >= 11 is 0. The Kier molecular flexibility index (Phi) is 6.47. The van der Waals surface area contributed by atoms with Gasteiger partial charge in [-0.1, -0.05) is 37.3 Å². The molecule has 6 heteroatoms. The van der Waals surface area contributed by atoms with E-state index in [0.29, 0.717) is 12.0 Å². The molecule has 0 amide bonds. The fraction of sp³-hybridized carbons (Fsp3) is 0.316. The molecule has 3 atom stereocenters. The zero-order valence-electron chi connectivity index (χ0n) is 14.1. The molecule has 0 aliphatic rings. The quantitative estimate of drug-likeness (QED) is 0.773. The van der Waals surface area contributed by atoms with Crippen LogP contribution >= 0.6 is 0 Å². The van der Waals surface area contributed by atoms with E-state index in [0.717, 1.165) is 18.2 Å². The summed E-state index contributed by atoms with van der Waals surface area (Å²) in [4.78, 5) is 12.0. The highest BCUT2D eigenvalue weighted by Crippen LogP contribution is 2.29. The van der Waals surface area contributed by atoms with Crippen molar-refractivity contribution in [3.05, 3.63) is 65.7 Å². The number of nitrogens with two attached hydrogens (primary N) is 1. The topological polar surface area (TPSA) is 61.6 Å². The minimum Gasteiger partial charge on any atom is -0.479 e. The predicted molar refractivity (Wildman–Crippen MR) is 90.0 cm³/mol. The Morgan fingerprint density at radius 2 is 1.84 bits per heavy atom. The molecule has 0 saturated heterocycles. The number of carbonyl (C=O) groups is 1. The predicted octanol–water partition coefficient (Wildman–Crippen LogP) is 3.75. The second-order valence-electron chi connectivity index (χ2n) is 5.68. The van der Waals surface area contributed by atoms with Crippen LogP contribution in [-0.2, 0) is 9.53 Å². The number of benzene rings is 2. The second kappa shape index (κ2) is 8.58. The van der Waals surface area contributed by atoms with Crippen LogP contribution in [0.2, 0.25) is 0 Å². The first-order valence-electron chi connectivity index (χ1n) is 8.05. The fourth-order valence-corrected chi connectivity index (χ4v) is 2.28. The third kappa shape index (κ3) is 5.00. The summed E-state index contributed by atoms with van der Waals surface area (Å²) in [6.45, 7) is 3.39. The Hall–Kier alpha value is -2.47. The summed E-state index contributed by atoms with van der Waals surface area (Å²) in [6, 6.07) is 11.1. The largest absolute Gasteiger partial charge is 0.479 e. The number of hydrogen-bond donors (Lipinski definition) is 1. The molecule has 134 valence electrons. The van der Waals surface area contributed by atoms with Crippen molar-refractivity contribution in [2.24, 2.45) is 5.73 Å². The second-order valence-corrected chi connectivity index (χ2v) is 5.68. The number of carbonyl (C=O) groups excluding carboxylic acids is 1. The molecule has 0 aliphatic carbocycles. The number of rotatable bonds is 7. The van der Waals surface area contributed by atoms with Crippen molar-refractivity contribution >= 4 is 5.97 Å². The minimum atomic E-state index is -0.814. The minimum absolute atomic E-state index is 0.253. The molecule has 4 nitrogen and oxygen atoms in total. The van der Waals surface area contributed by atoms with Crippen molar-refractivity contribution in [2.45, 2.75) is 38.5 Å². The van der Waals surface area contributed by atoms with Gasteiger partial charge in [-0.3, -0.25) is 4.79 Å². The molecule has 2 aromatic rings. The van der Waals surface area contributed by atoms with Crippen molar-refractivity contribution in [2.75, 3.05) is 0 Å². The van der Waals surface area contributed by atoms with Gasteiger partial charge in [-0.05, 0) is 31.0 Å². The van der Waals surface area contributed by atoms with Gasteiger partial charge in [0.15, 0.2) is 17.7 Å². The van der Waals surface area contributed by atoms with E-state index in [-0.39, 0.29) is 5.75 Å². The lowest BCUT2D eigenvalue weighted by Gasteiger charge is -2.26. The zero-order chi connectivity index (χ0) is 18.4. The molecule has 2 rings (SSSR count). The maximum atomic E-state index is 13.9. The summed E-state index contributed by atoms with van der Waals surface area (Å²) in [6.07, 6.45) is -1.14. The highest BCUT2D eigenvalue weighted by atomic mass is 19.1. The van der Waals surface area contributed by atoms with Crippen molar-refractivity contribution < 1.29 is 23.0 Å². The molecule has 0 aromatic heterocycles. The molecule has 0 radical (unpaired) electrons. The van der Waals surface area contributed by atoms with Crippen molar-refractivity contribution in [1.29, 1.82) is 0 Å². The fourth-order valence-electron chi connectivity index (χ4n) is 2.28. The maximum Gasteiger partial charge on any atom is 0.323 e. The smallest absolute Gasteiger partial charge is 0.323 e. The summed E-state index contributed by atoms with van der Waals surface area (Å²) in [7, 11) is 0. The molecule has 0 saturated carbocycles. The summed E-state index contributed by atoms with van der Waals surface area (Å²) in [5.74, 6) is -2.15. The third-order valence-corrected chi connectivity index (χ3v) is 3.75. The lowest BCUT2D eigenvalue weighted by Crippen LogP contribution is -2.36. The SMILES string of the molecule is CC[C@H](N)C(=O)O[C@@H](C)[C@H](Oc1cc(F)ccc1F)c1ccccc1. The van der Waals surface area contributed by atoms with Crippen LogP contribution in [-0.4, -0.2) is 18.1 Å². The number of hydrogen-bond acceptors (Lipinski definition) is 4. The van der Waals surface area contributed by atoms with Crippen LogP contribution in [0.3, 0.4) is 0 Å². The average molecular weight is 349 g/mol. The van der Waals surface area contributed by atoms with E-state index in [1.807, 2.05) is 6.07 Å². The Balaban J connectivity index is 2.27. The van der Waals surface area contributed by atoms with E-state index in [9.17, 15) is 13.6 Å². The van der Waals surface area contributed by atoms with Crippen LogP contribution < -0.4 is 10.5 Å². The van der Waals surface area contributed by atoms with Crippen LogP contribution in [0.5, 0.6) is 5.75 Å². The third-order valence-electron chi connectivity index (χ3n) is 3.75. The Morgan fingerprint density at radius 3 is 2.48 bits per heavy atom. The molecule has 0 bridgehead atoms. The Labute approximate surface area is 145 Å². The van der Waals surface area contributed by atoms with Gasteiger partial charge in [-0.15, -0.1) is 0 Å². The summed E-state index contributed by atoms with van der Waals surface area (Å²) in [5, 5.41) is 0. The highest BCUT2D eigenvalue weighted by Gasteiger charge is 2.27. The molecule has 0 spiro atoms. The first kappa shape index (κ1) is 18.9. The van der Waals surface area contributed by atoms with Crippen LogP contribution in [0.4, 0.5) is 8.78 Å². The van der Waals surface area contributed by atoms with Crippen LogP contribution in [0.25, 0.3) is 0 Å². The first-order chi connectivity index (χ1) is 11.9. The lowest BCUT2D eigenvalue weighted by molar-refractivity contribution is -0.154. The molecule has 0 heterocycles. The van der Waals surface area contributed by atoms with Crippen LogP contribution in [0.15, 0.2) is 48.5 Å². The van der Waals surface area contributed by atoms with Gasteiger partial charge < -0.3 is 15.2 Å². The highest BCUT2D eigenvalue weighted by molar-refractivity contribution is 5.75. The average Bonchev–Trinajstić information content (AvgIpc) is 2.62. The zero-order valence-corrected chi connectivity index (χ0v) is 14.1. The van der Waals surface area contributed by atoms with E-state index in [1.54, 1.807) is 38.1 Å². The van der Waals surface area contributed by atoms with E-state index in [2.05, 4.69) is 0 Å². The standard InChI is InChI=1S/C19H21F2NO3/c1-3-16(22)19(23)24-12(2)18(13-7-5-4-6-8-13)25-17-11-14(20)9-10-15(17)21/h4-12,16,18H,3,22H2,1-2H3/t12-,16-,18-/m0/s1. The number of halogens is 2. The lowest BCUT2D eigenvalue weighted by atomic mass is 10.0. The van der Waals surface area contributed by atoms with Crippen molar-refractivity contribution in [3.63, 3.8) is 0 Å². The normalized spacial score (nSPS) is 14.4. The van der Waals surface area contributed by atoms with Gasteiger partial charge in [0.05, 0.1) is 0 Å². The molecule has 0 fully saturated rings. The van der Waals surface area contributed by atoms with E-state index < -0.39 is 35.9 Å². The molecule has 2 N–H and O–H groups in total. The van der Waals surface area contributed by atoms with Gasteiger partial charge in [-0.2, -0.15) is 0 Å². The first-order valence-corrected chi connectivity index (χ1v) is 8.05. The summed E-state index contributed by atoms with van der Waals surface area (Å²) < 4.78 is 38.4. The van der Waals surface area contributed by atoms with Crippen molar-refractivity contribution in [3.8, 4) is 5.75 Å².